The maximum atomic E-state index is 11.7. The quantitative estimate of drug-likeness (QED) is 0.291. The Morgan fingerprint density at radius 1 is 1.00 bits per heavy atom. The van der Waals surface area contributed by atoms with E-state index in [9.17, 15) is 14.7 Å². The summed E-state index contributed by atoms with van der Waals surface area (Å²) >= 11 is 0. The Morgan fingerprint density at radius 2 is 1.64 bits per heavy atom. The van der Waals surface area contributed by atoms with Gasteiger partial charge in [0, 0.05) is 12.5 Å². The fourth-order valence-electron chi connectivity index (χ4n) is 2.35. The van der Waals surface area contributed by atoms with E-state index < -0.39 is 11.9 Å². The number of carbonyl (C=O) groups excluding carboxylic acids is 1. The van der Waals surface area contributed by atoms with Crippen LogP contribution in [0.2, 0.25) is 0 Å². The minimum Gasteiger partial charge on any atom is -0.497 e. The molecular weight excluding hydrogens is 360 g/mol. The van der Waals surface area contributed by atoms with E-state index in [0.29, 0.717) is 30.1 Å². The van der Waals surface area contributed by atoms with E-state index in [4.69, 9.17) is 14.2 Å². The summed E-state index contributed by atoms with van der Waals surface area (Å²) in [6.45, 7) is 3.94. The van der Waals surface area contributed by atoms with Gasteiger partial charge in [0.05, 0.1) is 25.9 Å². The average molecular weight is 382 g/mol. The van der Waals surface area contributed by atoms with Crippen molar-refractivity contribution in [1.29, 1.82) is 0 Å². The summed E-state index contributed by atoms with van der Waals surface area (Å²) in [7, 11) is 1.57. The minimum atomic E-state index is -1.02. The number of ether oxygens (including phenoxy) is 3. The van der Waals surface area contributed by atoms with Crippen LogP contribution in [-0.2, 0) is 14.3 Å². The standard InChI is InChI=1S/C22H22O6/c1-3-21(23)28-14-4-13-27-19-11-7-17(8-12-19)20(22(24)25)15-16-5-9-18(26-2)10-6-16/h3,5-12,15H,1,4,13-14H2,2H3,(H,24,25). The van der Waals surface area contributed by atoms with Crippen LogP contribution in [0.5, 0.6) is 11.5 Å². The number of carboxylic acid groups (broad SMARTS) is 1. The molecule has 0 atom stereocenters. The van der Waals surface area contributed by atoms with E-state index in [1.54, 1.807) is 61.7 Å². The molecule has 6 nitrogen and oxygen atoms in total. The van der Waals surface area contributed by atoms with Gasteiger partial charge in [0.1, 0.15) is 11.5 Å². The Balaban J connectivity index is 2.00. The molecule has 0 fully saturated rings. The van der Waals surface area contributed by atoms with E-state index >= 15 is 0 Å². The van der Waals surface area contributed by atoms with Crippen molar-refractivity contribution in [2.24, 2.45) is 0 Å². The van der Waals surface area contributed by atoms with Crippen molar-refractivity contribution in [3.8, 4) is 11.5 Å². The molecule has 2 aromatic rings. The predicted molar refractivity (Wildman–Crippen MR) is 106 cm³/mol. The highest BCUT2D eigenvalue weighted by Crippen LogP contribution is 2.23. The molecular formula is C22H22O6. The molecule has 0 spiro atoms. The van der Waals surface area contributed by atoms with Crippen LogP contribution in [0.3, 0.4) is 0 Å². The summed E-state index contributed by atoms with van der Waals surface area (Å²) in [6, 6.07) is 13.9. The van der Waals surface area contributed by atoms with Crippen molar-refractivity contribution < 1.29 is 28.9 Å². The van der Waals surface area contributed by atoms with Crippen LogP contribution < -0.4 is 9.47 Å². The average Bonchev–Trinajstić information content (AvgIpc) is 2.72. The van der Waals surface area contributed by atoms with E-state index in [0.717, 1.165) is 11.6 Å². The van der Waals surface area contributed by atoms with E-state index in [1.807, 2.05) is 0 Å². The monoisotopic (exact) mass is 382 g/mol. The first kappa shape index (κ1) is 20.8. The molecule has 2 rings (SSSR count). The van der Waals surface area contributed by atoms with Crippen molar-refractivity contribution in [2.75, 3.05) is 20.3 Å². The van der Waals surface area contributed by atoms with Crippen LogP contribution in [0, 0.1) is 0 Å². The molecule has 0 aromatic heterocycles. The first-order chi connectivity index (χ1) is 13.5. The molecule has 0 aliphatic rings. The van der Waals surface area contributed by atoms with Crippen molar-refractivity contribution in [2.45, 2.75) is 6.42 Å². The highest BCUT2D eigenvalue weighted by molar-refractivity contribution is 6.20. The van der Waals surface area contributed by atoms with Crippen LogP contribution in [0.15, 0.2) is 61.2 Å². The Labute approximate surface area is 163 Å². The molecule has 1 N–H and O–H groups in total. The second-order valence-corrected chi connectivity index (χ2v) is 5.73. The van der Waals surface area contributed by atoms with Gasteiger partial charge >= 0.3 is 11.9 Å². The molecule has 0 aliphatic heterocycles. The van der Waals surface area contributed by atoms with Gasteiger partial charge in [-0.2, -0.15) is 0 Å². The first-order valence-corrected chi connectivity index (χ1v) is 8.65. The van der Waals surface area contributed by atoms with Gasteiger partial charge in [0.2, 0.25) is 0 Å². The largest absolute Gasteiger partial charge is 0.497 e. The number of esters is 1. The zero-order chi connectivity index (χ0) is 20.4. The smallest absolute Gasteiger partial charge is 0.336 e. The maximum Gasteiger partial charge on any atom is 0.336 e. The number of carbonyl (C=O) groups is 2. The topological polar surface area (TPSA) is 82.1 Å². The third-order valence-corrected chi connectivity index (χ3v) is 3.79. The molecule has 0 saturated heterocycles. The first-order valence-electron chi connectivity index (χ1n) is 8.65. The van der Waals surface area contributed by atoms with Gasteiger partial charge in [-0.1, -0.05) is 30.8 Å². The number of benzene rings is 2. The van der Waals surface area contributed by atoms with Crippen molar-refractivity contribution in [1.82, 2.24) is 0 Å². The van der Waals surface area contributed by atoms with Crippen LogP contribution >= 0.6 is 0 Å². The second-order valence-electron chi connectivity index (χ2n) is 5.73. The zero-order valence-corrected chi connectivity index (χ0v) is 15.6. The van der Waals surface area contributed by atoms with Crippen molar-refractivity contribution in [3.63, 3.8) is 0 Å². The lowest BCUT2D eigenvalue weighted by Crippen LogP contribution is -2.06. The van der Waals surface area contributed by atoms with E-state index in [2.05, 4.69) is 6.58 Å². The maximum absolute atomic E-state index is 11.7. The Kier molecular flexibility index (Phi) is 7.84. The highest BCUT2D eigenvalue weighted by Gasteiger charge is 2.11. The molecule has 0 unspecified atom stereocenters. The lowest BCUT2D eigenvalue weighted by molar-refractivity contribution is -0.138. The molecule has 0 heterocycles. The van der Waals surface area contributed by atoms with Gasteiger partial charge in [-0.15, -0.1) is 0 Å². The fourth-order valence-corrected chi connectivity index (χ4v) is 2.35. The Bertz CT molecular complexity index is 834. The number of aliphatic carboxylic acids is 1. The number of carboxylic acids is 1. The van der Waals surface area contributed by atoms with Gasteiger partial charge in [-0.05, 0) is 41.5 Å². The molecule has 0 saturated carbocycles. The lowest BCUT2D eigenvalue weighted by atomic mass is 10.0. The van der Waals surface area contributed by atoms with Gasteiger partial charge < -0.3 is 19.3 Å². The molecule has 6 heteroatoms. The van der Waals surface area contributed by atoms with Crippen LogP contribution in [-0.4, -0.2) is 37.4 Å². The third kappa shape index (κ3) is 6.32. The SMILES string of the molecule is C=CC(=O)OCCCOc1ccc(C(=Cc2ccc(OC)cc2)C(=O)O)cc1. The van der Waals surface area contributed by atoms with Crippen LogP contribution in [0.25, 0.3) is 11.6 Å². The molecule has 0 amide bonds. The molecule has 28 heavy (non-hydrogen) atoms. The number of hydrogen-bond acceptors (Lipinski definition) is 5. The molecule has 0 bridgehead atoms. The minimum absolute atomic E-state index is 0.174. The van der Waals surface area contributed by atoms with Crippen LogP contribution in [0.4, 0.5) is 0 Å². The summed E-state index contributed by atoms with van der Waals surface area (Å²) in [5.41, 5.74) is 1.50. The second kappa shape index (κ2) is 10.6. The summed E-state index contributed by atoms with van der Waals surface area (Å²) in [6.07, 6.45) is 3.25. The Morgan fingerprint density at radius 3 is 2.21 bits per heavy atom. The van der Waals surface area contributed by atoms with Gasteiger partial charge in [-0.25, -0.2) is 9.59 Å². The summed E-state index contributed by atoms with van der Waals surface area (Å²) in [5.74, 6) is -0.175. The highest BCUT2D eigenvalue weighted by atomic mass is 16.5. The number of hydrogen-bond donors (Lipinski definition) is 1. The fraction of sp³-hybridized carbons (Fsp3) is 0.182. The third-order valence-electron chi connectivity index (χ3n) is 3.79. The normalized spacial score (nSPS) is 10.8. The van der Waals surface area contributed by atoms with Crippen molar-refractivity contribution in [3.05, 3.63) is 72.3 Å². The zero-order valence-electron chi connectivity index (χ0n) is 15.6. The summed E-state index contributed by atoms with van der Waals surface area (Å²) in [4.78, 5) is 22.6. The van der Waals surface area contributed by atoms with Crippen molar-refractivity contribution >= 4 is 23.6 Å². The molecule has 0 aliphatic carbocycles. The number of rotatable bonds is 10. The summed E-state index contributed by atoms with van der Waals surface area (Å²) in [5, 5.41) is 9.55. The molecule has 146 valence electrons. The van der Waals surface area contributed by atoms with E-state index in [-0.39, 0.29) is 12.2 Å². The summed E-state index contributed by atoms with van der Waals surface area (Å²) < 4.78 is 15.5. The number of methoxy groups -OCH3 is 1. The van der Waals surface area contributed by atoms with Gasteiger partial charge in [0.25, 0.3) is 0 Å². The Hall–Kier alpha value is -3.54. The van der Waals surface area contributed by atoms with Gasteiger partial charge in [-0.3, -0.25) is 0 Å². The molecule has 2 aromatic carbocycles. The predicted octanol–water partition coefficient (Wildman–Crippen LogP) is 3.82. The lowest BCUT2D eigenvalue weighted by Gasteiger charge is -2.08. The van der Waals surface area contributed by atoms with Gasteiger partial charge in [0.15, 0.2) is 0 Å². The van der Waals surface area contributed by atoms with E-state index in [1.165, 1.54) is 0 Å². The van der Waals surface area contributed by atoms with Crippen LogP contribution in [0.1, 0.15) is 17.5 Å². The molecule has 0 radical (unpaired) electrons.